The van der Waals surface area contributed by atoms with Crippen molar-refractivity contribution in [3.05, 3.63) is 33.4 Å². The summed E-state index contributed by atoms with van der Waals surface area (Å²) in [6, 6.07) is 2.83. The molecule has 0 atom stereocenters. The number of carbonyl (C=O) groups excluding carboxylic acids is 1. The first kappa shape index (κ1) is 14.2. The fraction of sp³-hybridized carbons (Fsp3) is 0.364. The van der Waals surface area contributed by atoms with Crippen LogP contribution in [-0.4, -0.2) is 25.1 Å². The number of halogens is 1. The van der Waals surface area contributed by atoms with Crippen LogP contribution in [0.4, 0.5) is 5.69 Å². The number of hydrogen-bond donors (Lipinski definition) is 0. The van der Waals surface area contributed by atoms with Gasteiger partial charge in [-0.2, -0.15) is 0 Å². The highest BCUT2D eigenvalue weighted by Crippen LogP contribution is 2.30. The van der Waals surface area contributed by atoms with E-state index < -0.39 is 10.9 Å². The molecule has 0 amide bonds. The van der Waals surface area contributed by atoms with Crippen molar-refractivity contribution in [2.45, 2.75) is 12.3 Å². The number of nitro benzene ring substituents is 1. The summed E-state index contributed by atoms with van der Waals surface area (Å²) in [5, 5.41) is 11.0. The van der Waals surface area contributed by atoms with Gasteiger partial charge in [-0.15, -0.1) is 11.6 Å². The maximum absolute atomic E-state index is 11.3. The average Bonchev–Trinajstić information content (AvgIpc) is 2.38. The highest BCUT2D eigenvalue weighted by atomic mass is 35.5. The molecule has 98 valence electrons. The molecule has 0 aliphatic heterocycles. The van der Waals surface area contributed by atoms with Gasteiger partial charge in [0.05, 0.1) is 31.6 Å². The predicted octanol–water partition coefficient (Wildman–Crippen LogP) is 2.06. The van der Waals surface area contributed by atoms with Crippen LogP contribution >= 0.6 is 11.6 Å². The predicted molar refractivity (Wildman–Crippen MR) is 64.9 cm³/mol. The molecule has 1 aromatic carbocycles. The number of carbonyl (C=O) groups is 1. The molecule has 0 aliphatic rings. The maximum atomic E-state index is 11.3. The summed E-state index contributed by atoms with van der Waals surface area (Å²) >= 11 is 5.73. The number of nitro groups is 1. The average molecular weight is 274 g/mol. The second-order valence-electron chi connectivity index (χ2n) is 3.43. The fourth-order valence-electron chi connectivity index (χ4n) is 1.51. The third-order valence-electron chi connectivity index (χ3n) is 2.42. The van der Waals surface area contributed by atoms with Gasteiger partial charge in [-0.1, -0.05) is 0 Å². The lowest BCUT2D eigenvalue weighted by molar-refractivity contribution is -0.385. The lowest BCUT2D eigenvalue weighted by Crippen LogP contribution is -2.09. The minimum Gasteiger partial charge on any atom is -0.496 e. The van der Waals surface area contributed by atoms with Gasteiger partial charge in [0.2, 0.25) is 0 Å². The normalized spacial score (nSPS) is 9.94. The largest absolute Gasteiger partial charge is 0.496 e. The van der Waals surface area contributed by atoms with Crippen LogP contribution in [0.25, 0.3) is 0 Å². The molecule has 0 radical (unpaired) electrons. The van der Waals surface area contributed by atoms with Crippen molar-refractivity contribution in [3.63, 3.8) is 0 Å². The third kappa shape index (κ3) is 3.10. The van der Waals surface area contributed by atoms with Crippen LogP contribution in [0, 0.1) is 10.1 Å². The van der Waals surface area contributed by atoms with Crippen molar-refractivity contribution in [1.82, 2.24) is 0 Å². The molecule has 7 heteroatoms. The van der Waals surface area contributed by atoms with Gasteiger partial charge >= 0.3 is 5.97 Å². The molecular weight excluding hydrogens is 262 g/mol. The van der Waals surface area contributed by atoms with Gasteiger partial charge in [-0.25, -0.2) is 0 Å². The zero-order valence-electron chi connectivity index (χ0n) is 9.94. The van der Waals surface area contributed by atoms with Gasteiger partial charge in [0.15, 0.2) is 0 Å². The molecular formula is C11H12ClNO5. The van der Waals surface area contributed by atoms with E-state index in [0.717, 1.165) is 0 Å². The minimum absolute atomic E-state index is 0.0460. The SMILES string of the molecule is COC(=O)Cc1c(CCl)cc(OC)cc1[N+](=O)[O-]. The van der Waals surface area contributed by atoms with Crippen LogP contribution in [0.5, 0.6) is 5.75 Å². The Bertz CT molecular complexity index is 475. The fourth-order valence-corrected chi connectivity index (χ4v) is 1.75. The zero-order valence-corrected chi connectivity index (χ0v) is 10.7. The van der Waals surface area contributed by atoms with E-state index in [1.807, 2.05) is 0 Å². The van der Waals surface area contributed by atoms with Crippen molar-refractivity contribution in [1.29, 1.82) is 0 Å². The first-order valence-electron chi connectivity index (χ1n) is 5.00. The molecule has 0 heterocycles. The molecule has 0 bridgehead atoms. The van der Waals surface area contributed by atoms with E-state index in [2.05, 4.69) is 4.74 Å². The Morgan fingerprint density at radius 1 is 1.44 bits per heavy atom. The first-order valence-corrected chi connectivity index (χ1v) is 5.53. The molecule has 0 unspecified atom stereocenters. The van der Waals surface area contributed by atoms with E-state index in [9.17, 15) is 14.9 Å². The van der Waals surface area contributed by atoms with Crippen LogP contribution in [-0.2, 0) is 21.8 Å². The summed E-state index contributed by atoms with van der Waals surface area (Å²) in [7, 11) is 2.62. The second-order valence-corrected chi connectivity index (χ2v) is 3.70. The van der Waals surface area contributed by atoms with E-state index in [0.29, 0.717) is 11.3 Å². The van der Waals surface area contributed by atoms with E-state index >= 15 is 0 Å². The van der Waals surface area contributed by atoms with Gasteiger partial charge in [0.25, 0.3) is 5.69 Å². The number of esters is 1. The van der Waals surface area contributed by atoms with E-state index in [1.54, 1.807) is 6.07 Å². The quantitative estimate of drug-likeness (QED) is 0.355. The summed E-state index contributed by atoms with van der Waals surface area (Å²) in [5.41, 5.74) is 0.533. The van der Waals surface area contributed by atoms with Gasteiger partial charge < -0.3 is 9.47 Å². The zero-order chi connectivity index (χ0) is 13.7. The monoisotopic (exact) mass is 273 g/mol. The topological polar surface area (TPSA) is 78.7 Å². The number of nitrogens with zero attached hydrogens (tertiary/aromatic N) is 1. The molecule has 1 rings (SSSR count). The molecule has 0 aliphatic carbocycles. The van der Waals surface area contributed by atoms with Crippen LogP contribution in [0.2, 0.25) is 0 Å². The maximum Gasteiger partial charge on any atom is 0.310 e. The first-order chi connectivity index (χ1) is 8.53. The number of benzene rings is 1. The standard InChI is InChI=1S/C11H12ClNO5/c1-17-8-3-7(6-12)9(5-11(14)18-2)10(4-8)13(15)16/h3-4H,5-6H2,1-2H3. The third-order valence-corrected chi connectivity index (χ3v) is 2.71. The Morgan fingerprint density at radius 3 is 2.56 bits per heavy atom. The van der Waals surface area contributed by atoms with Gasteiger partial charge in [-0.3, -0.25) is 14.9 Å². The number of alkyl halides is 1. The van der Waals surface area contributed by atoms with Crippen LogP contribution in [0.3, 0.4) is 0 Å². The number of hydrogen-bond acceptors (Lipinski definition) is 5. The summed E-state index contributed by atoms with van der Waals surface area (Å²) in [4.78, 5) is 21.7. The van der Waals surface area contributed by atoms with Gasteiger partial charge in [0, 0.05) is 11.4 Å². The van der Waals surface area contributed by atoms with Crippen LogP contribution in [0.15, 0.2) is 12.1 Å². The van der Waals surface area contributed by atoms with Crippen molar-refractivity contribution in [2.24, 2.45) is 0 Å². The smallest absolute Gasteiger partial charge is 0.310 e. The molecule has 0 saturated heterocycles. The molecule has 0 N–H and O–H groups in total. The molecule has 0 spiro atoms. The van der Waals surface area contributed by atoms with Gasteiger partial charge in [-0.05, 0) is 11.6 Å². The highest BCUT2D eigenvalue weighted by molar-refractivity contribution is 6.17. The molecule has 18 heavy (non-hydrogen) atoms. The lowest BCUT2D eigenvalue weighted by atomic mass is 10.0. The van der Waals surface area contributed by atoms with Crippen LogP contribution in [0.1, 0.15) is 11.1 Å². The summed E-state index contributed by atoms with van der Waals surface area (Å²) in [6.07, 6.45) is -0.196. The van der Waals surface area contributed by atoms with E-state index in [1.165, 1.54) is 20.3 Å². The Kier molecular flexibility index (Phi) is 4.91. The lowest BCUT2D eigenvalue weighted by Gasteiger charge is -2.09. The van der Waals surface area contributed by atoms with Crippen molar-refractivity contribution < 1.29 is 19.2 Å². The van der Waals surface area contributed by atoms with Crippen LogP contribution < -0.4 is 4.74 Å². The van der Waals surface area contributed by atoms with Crippen molar-refractivity contribution in [2.75, 3.05) is 14.2 Å². The number of ether oxygens (including phenoxy) is 2. The molecule has 6 nitrogen and oxygen atoms in total. The number of methoxy groups -OCH3 is 2. The second kappa shape index (κ2) is 6.20. The van der Waals surface area contributed by atoms with Gasteiger partial charge in [0.1, 0.15) is 5.75 Å². The summed E-state index contributed by atoms with van der Waals surface area (Å²) in [5.74, 6) is -0.190. The molecule has 0 fully saturated rings. The Hall–Kier alpha value is -1.82. The molecule has 0 aromatic heterocycles. The Morgan fingerprint density at radius 2 is 2.11 bits per heavy atom. The summed E-state index contributed by atoms with van der Waals surface area (Å²) in [6.45, 7) is 0. The van der Waals surface area contributed by atoms with E-state index in [-0.39, 0.29) is 23.6 Å². The minimum atomic E-state index is -0.573. The molecule has 0 saturated carbocycles. The van der Waals surface area contributed by atoms with Crippen molar-refractivity contribution >= 4 is 23.3 Å². The van der Waals surface area contributed by atoms with E-state index in [4.69, 9.17) is 16.3 Å². The summed E-state index contributed by atoms with van der Waals surface area (Å²) < 4.78 is 9.46. The Labute approximate surface area is 109 Å². The highest BCUT2D eigenvalue weighted by Gasteiger charge is 2.22. The van der Waals surface area contributed by atoms with Crippen molar-refractivity contribution in [3.8, 4) is 5.75 Å². The Balaban J connectivity index is 3.34. The number of rotatable bonds is 5. The molecule has 1 aromatic rings.